The SMILES string of the molecule is Cc1cc(C)c(-c2cc(C(=O)NCCC(=O)NCCN(C)C)no2)c(C)c1. The molecule has 2 rings (SSSR count). The standard InChI is InChI=1S/C20H28N4O3/c1-13-10-14(2)19(15(3)11-13)17-12-16(23-27-17)20(26)22-7-6-18(25)21-8-9-24(4)5/h10-12H,6-9H2,1-5H3,(H,21,25)(H,22,26). The van der Waals surface area contributed by atoms with Gasteiger partial charge in [0.05, 0.1) is 0 Å². The van der Waals surface area contributed by atoms with Crippen LogP contribution < -0.4 is 10.6 Å². The third-order valence-corrected chi connectivity index (χ3v) is 4.19. The molecule has 0 fully saturated rings. The lowest BCUT2D eigenvalue weighted by atomic mass is 9.98. The van der Waals surface area contributed by atoms with Gasteiger partial charge in [0.25, 0.3) is 5.91 Å². The maximum atomic E-state index is 12.2. The van der Waals surface area contributed by atoms with E-state index >= 15 is 0 Å². The van der Waals surface area contributed by atoms with Crippen molar-refractivity contribution in [1.29, 1.82) is 0 Å². The van der Waals surface area contributed by atoms with Crippen molar-refractivity contribution in [2.45, 2.75) is 27.2 Å². The van der Waals surface area contributed by atoms with Crippen molar-refractivity contribution in [2.75, 3.05) is 33.7 Å². The van der Waals surface area contributed by atoms with E-state index < -0.39 is 0 Å². The fourth-order valence-electron chi connectivity index (χ4n) is 2.96. The summed E-state index contributed by atoms with van der Waals surface area (Å²) >= 11 is 0. The molecule has 0 aliphatic heterocycles. The van der Waals surface area contributed by atoms with Gasteiger partial charge in [0, 0.05) is 37.7 Å². The third-order valence-electron chi connectivity index (χ3n) is 4.19. The summed E-state index contributed by atoms with van der Waals surface area (Å²) in [5.41, 5.74) is 4.48. The molecule has 27 heavy (non-hydrogen) atoms. The molecule has 146 valence electrons. The lowest BCUT2D eigenvalue weighted by Gasteiger charge is -2.10. The second kappa shape index (κ2) is 9.32. The first-order valence-electron chi connectivity index (χ1n) is 9.02. The number of rotatable bonds is 8. The normalized spacial score (nSPS) is 10.9. The van der Waals surface area contributed by atoms with Gasteiger partial charge < -0.3 is 20.1 Å². The van der Waals surface area contributed by atoms with Crippen LogP contribution in [0.3, 0.4) is 0 Å². The molecule has 2 aromatic rings. The van der Waals surface area contributed by atoms with Crippen molar-refractivity contribution in [1.82, 2.24) is 20.7 Å². The number of hydrogen-bond acceptors (Lipinski definition) is 5. The Morgan fingerprint density at radius 3 is 2.33 bits per heavy atom. The Bertz CT molecular complexity index is 788. The summed E-state index contributed by atoms with van der Waals surface area (Å²) in [6.07, 6.45) is 0.222. The average Bonchev–Trinajstić information content (AvgIpc) is 3.03. The Hall–Kier alpha value is -2.67. The Kier molecular flexibility index (Phi) is 7.12. The second-order valence-electron chi connectivity index (χ2n) is 7.01. The molecule has 0 spiro atoms. The summed E-state index contributed by atoms with van der Waals surface area (Å²) < 4.78 is 5.38. The highest BCUT2D eigenvalue weighted by atomic mass is 16.5. The molecule has 2 N–H and O–H groups in total. The Morgan fingerprint density at radius 1 is 1.04 bits per heavy atom. The highest BCUT2D eigenvalue weighted by Gasteiger charge is 2.16. The third kappa shape index (κ3) is 5.92. The number of likely N-dealkylation sites (N-methyl/N-ethyl adjacent to an activating group) is 1. The van der Waals surface area contributed by atoms with Crippen LogP contribution in [-0.2, 0) is 4.79 Å². The molecule has 0 saturated heterocycles. The summed E-state index contributed by atoms with van der Waals surface area (Å²) in [7, 11) is 3.89. The van der Waals surface area contributed by atoms with Gasteiger partial charge >= 0.3 is 0 Å². The van der Waals surface area contributed by atoms with E-state index in [2.05, 4.69) is 27.9 Å². The fraction of sp³-hybridized carbons (Fsp3) is 0.450. The van der Waals surface area contributed by atoms with Gasteiger partial charge in [-0.3, -0.25) is 9.59 Å². The number of aryl methyl sites for hydroxylation is 3. The van der Waals surface area contributed by atoms with Gasteiger partial charge in [-0.05, 0) is 46.0 Å². The first-order chi connectivity index (χ1) is 12.8. The van der Waals surface area contributed by atoms with Crippen LogP contribution in [0, 0.1) is 20.8 Å². The van der Waals surface area contributed by atoms with Crippen molar-refractivity contribution in [3.05, 3.63) is 40.6 Å². The van der Waals surface area contributed by atoms with E-state index in [-0.39, 0.29) is 30.5 Å². The van der Waals surface area contributed by atoms with Crippen LogP contribution in [0.2, 0.25) is 0 Å². The minimum Gasteiger partial charge on any atom is -0.355 e. The number of amides is 2. The zero-order valence-electron chi connectivity index (χ0n) is 16.7. The van der Waals surface area contributed by atoms with Gasteiger partial charge in [0.1, 0.15) is 0 Å². The van der Waals surface area contributed by atoms with Crippen molar-refractivity contribution in [2.24, 2.45) is 0 Å². The highest BCUT2D eigenvalue weighted by Crippen LogP contribution is 2.28. The molecule has 0 aliphatic rings. The van der Waals surface area contributed by atoms with Gasteiger partial charge in [-0.2, -0.15) is 0 Å². The highest BCUT2D eigenvalue weighted by molar-refractivity contribution is 5.93. The second-order valence-corrected chi connectivity index (χ2v) is 7.01. The topological polar surface area (TPSA) is 87.5 Å². The quantitative estimate of drug-likeness (QED) is 0.741. The number of aromatic nitrogens is 1. The first-order valence-corrected chi connectivity index (χ1v) is 9.02. The largest absolute Gasteiger partial charge is 0.355 e. The molecule has 1 heterocycles. The summed E-state index contributed by atoms with van der Waals surface area (Å²) in [4.78, 5) is 25.9. The number of carbonyl (C=O) groups excluding carboxylic acids is 2. The molecule has 7 heteroatoms. The molecular weight excluding hydrogens is 344 g/mol. The monoisotopic (exact) mass is 372 g/mol. The Labute approximate surface area is 160 Å². The molecule has 1 aromatic carbocycles. The predicted octanol–water partition coefficient (Wildman–Crippen LogP) is 2.06. The van der Waals surface area contributed by atoms with E-state index in [4.69, 9.17) is 4.52 Å². The van der Waals surface area contributed by atoms with Crippen molar-refractivity contribution < 1.29 is 14.1 Å². The molecular formula is C20H28N4O3. The number of benzene rings is 1. The fourth-order valence-corrected chi connectivity index (χ4v) is 2.96. The van der Waals surface area contributed by atoms with E-state index in [1.807, 2.05) is 39.8 Å². The van der Waals surface area contributed by atoms with E-state index in [1.165, 1.54) is 5.56 Å². The zero-order valence-corrected chi connectivity index (χ0v) is 16.7. The minimum atomic E-state index is -0.353. The first kappa shape index (κ1) is 20.6. The molecule has 1 aromatic heterocycles. The lowest BCUT2D eigenvalue weighted by molar-refractivity contribution is -0.120. The maximum absolute atomic E-state index is 12.2. The number of carbonyl (C=O) groups is 2. The molecule has 0 saturated carbocycles. The van der Waals surface area contributed by atoms with E-state index in [9.17, 15) is 9.59 Å². The molecule has 2 amide bonds. The molecule has 7 nitrogen and oxygen atoms in total. The van der Waals surface area contributed by atoms with Crippen molar-refractivity contribution in [3.63, 3.8) is 0 Å². The number of hydrogen-bond donors (Lipinski definition) is 2. The van der Waals surface area contributed by atoms with Crippen LogP contribution in [0.4, 0.5) is 0 Å². The Balaban J connectivity index is 1.89. The molecule has 0 unspecified atom stereocenters. The van der Waals surface area contributed by atoms with Crippen LogP contribution in [0.1, 0.15) is 33.6 Å². The van der Waals surface area contributed by atoms with E-state index in [1.54, 1.807) is 6.07 Å². The predicted molar refractivity (Wildman–Crippen MR) is 105 cm³/mol. The summed E-state index contributed by atoms with van der Waals surface area (Å²) in [5, 5.41) is 9.37. The zero-order chi connectivity index (χ0) is 20.0. The number of nitrogens with one attached hydrogen (secondary N) is 2. The van der Waals surface area contributed by atoms with Gasteiger partial charge in [-0.1, -0.05) is 22.9 Å². The van der Waals surface area contributed by atoms with Crippen LogP contribution in [0.5, 0.6) is 0 Å². The molecule has 0 bridgehead atoms. The Morgan fingerprint density at radius 2 is 1.70 bits per heavy atom. The summed E-state index contributed by atoms with van der Waals surface area (Å²) in [6.45, 7) is 7.66. The average molecular weight is 372 g/mol. The molecule has 0 radical (unpaired) electrons. The lowest BCUT2D eigenvalue weighted by Crippen LogP contribution is -2.34. The number of nitrogens with zero attached hydrogens (tertiary/aromatic N) is 2. The smallest absolute Gasteiger partial charge is 0.273 e. The summed E-state index contributed by atoms with van der Waals surface area (Å²) in [5.74, 6) is 0.119. The maximum Gasteiger partial charge on any atom is 0.273 e. The van der Waals surface area contributed by atoms with Crippen LogP contribution >= 0.6 is 0 Å². The van der Waals surface area contributed by atoms with Crippen LogP contribution in [0.15, 0.2) is 22.7 Å². The van der Waals surface area contributed by atoms with E-state index in [0.717, 1.165) is 23.2 Å². The van der Waals surface area contributed by atoms with Gasteiger partial charge in [-0.15, -0.1) is 0 Å². The summed E-state index contributed by atoms with van der Waals surface area (Å²) in [6, 6.07) is 5.77. The van der Waals surface area contributed by atoms with Crippen molar-refractivity contribution in [3.8, 4) is 11.3 Å². The van der Waals surface area contributed by atoms with Crippen LogP contribution in [-0.4, -0.2) is 55.6 Å². The van der Waals surface area contributed by atoms with Crippen LogP contribution in [0.25, 0.3) is 11.3 Å². The molecule has 0 aliphatic carbocycles. The van der Waals surface area contributed by atoms with Gasteiger partial charge in [-0.25, -0.2) is 0 Å². The van der Waals surface area contributed by atoms with Gasteiger partial charge in [0.2, 0.25) is 5.91 Å². The van der Waals surface area contributed by atoms with Gasteiger partial charge in [0.15, 0.2) is 11.5 Å². The minimum absolute atomic E-state index is 0.0936. The van der Waals surface area contributed by atoms with Crippen molar-refractivity contribution >= 4 is 11.8 Å². The van der Waals surface area contributed by atoms with E-state index in [0.29, 0.717) is 12.3 Å². The molecule has 0 atom stereocenters.